The Morgan fingerprint density at radius 1 is 1.31 bits per heavy atom. The van der Waals surface area contributed by atoms with Crippen molar-refractivity contribution >= 4 is 11.7 Å². The van der Waals surface area contributed by atoms with Gasteiger partial charge in [0.2, 0.25) is 5.91 Å². The van der Waals surface area contributed by atoms with Crippen LogP contribution in [0.5, 0.6) is 0 Å². The van der Waals surface area contributed by atoms with Crippen LogP contribution in [0.3, 0.4) is 0 Å². The number of aryl methyl sites for hydroxylation is 1. The Hall–Kier alpha value is -2.37. The van der Waals surface area contributed by atoms with Crippen molar-refractivity contribution in [2.45, 2.75) is 39.0 Å². The Morgan fingerprint density at radius 3 is 3.04 bits per heavy atom. The fourth-order valence-corrected chi connectivity index (χ4v) is 4.41. The predicted molar refractivity (Wildman–Crippen MR) is 101 cm³/mol. The average Bonchev–Trinajstić information content (AvgIpc) is 3.17. The van der Waals surface area contributed by atoms with Crippen LogP contribution in [0.4, 0.5) is 5.82 Å². The van der Waals surface area contributed by atoms with Gasteiger partial charge in [0.15, 0.2) is 0 Å². The lowest BCUT2D eigenvalue weighted by molar-refractivity contribution is -0.137. The number of H-pyrrole nitrogens is 1. The van der Waals surface area contributed by atoms with E-state index in [1.807, 2.05) is 18.5 Å². The molecule has 2 saturated heterocycles. The Labute approximate surface area is 154 Å². The zero-order valence-corrected chi connectivity index (χ0v) is 15.4. The molecule has 1 amide bonds. The smallest absolute Gasteiger partial charge is 0.222 e. The number of rotatable bonds is 4. The molecule has 0 aromatic carbocycles. The molecule has 2 aliphatic heterocycles. The third-order valence-corrected chi connectivity index (χ3v) is 5.84. The van der Waals surface area contributed by atoms with Gasteiger partial charge in [0.05, 0.1) is 6.33 Å². The van der Waals surface area contributed by atoms with Crippen LogP contribution in [0.1, 0.15) is 36.9 Å². The largest absolute Gasteiger partial charge is 0.356 e. The van der Waals surface area contributed by atoms with Gasteiger partial charge in [0, 0.05) is 62.5 Å². The summed E-state index contributed by atoms with van der Waals surface area (Å²) in [5.41, 5.74) is 2.53. The standard InChI is InChI=1S/C20H27N5O/c1-16-4-8-22-18(11-16)24-9-2-6-20(13-24)7-3-19(26)25(14-20)10-5-17-12-21-15-23-17/h4,8,11-12,15H,2-3,5-7,9-10,13-14H2,1H3,(H,21,23)/t20-/m0/s1. The topological polar surface area (TPSA) is 65.1 Å². The molecule has 0 saturated carbocycles. The molecule has 1 atom stereocenters. The van der Waals surface area contributed by atoms with Crippen molar-refractivity contribution in [2.75, 3.05) is 31.1 Å². The van der Waals surface area contributed by atoms with Crippen LogP contribution in [0.2, 0.25) is 0 Å². The third-order valence-electron chi connectivity index (χ3n) is 5.84. The number of aromatic nitrogens is 3. The highest BCUT2D eigenvalue weighted by atomic mass is 16.2. The highest BCUT2D eigenvalue weighted by Gasteiger charge is 2.41. The Balaban J connectivity index is 1.45. The highest BCUT2D eigenvalue weighted by Crippen LogP contribution is 2.40. The first kappa shape index (κ1) is 17.1. The van der Waals surface area contributed by atoms with E-state index in [-0.39, 0.29) is 5.41 Å². The molecule has 2 aromatic rings. The van der Waals surface area contributed by atoms with Crippen molar-refractivity contribution in [1.29, 1.82) is 0 Å². The zero-order valence-electron chi connectivity index (χ0n) is 15.4. The lowest BCUT2D eigenvalue weighted by Crippen LogP contribution is -2.54. The minimum atomic E-state index is 0.200. The number of pyridine rings is 1. The summed E-state index contributed by atoms with van der Waals surface area (Å²) in [5, 5.41) is 0. The second-order valence-corrected chi connectivity index (χ2v) is 7.86. The fraction of sp³-hybridized carbons (Fsp3) is 0.550. The number of hydrogen-bond acceptors (Lipinski definition) is 4. The molecule has 138 valence electrons. The Morgan fingerprint density at radius 2 is 2.23 bits per heavy atom. The van der Waals surface area contributed by atoms with Gasteiger partial charge >= 0.3 is 0 Å². The van der Waals surface area contributed by atoms with E-state index in [1.54, 1.807) is 6.33 Å². The summed E-state index contributed by atoms with van der Waals surface area (Å²) in [6.45, 7) is 5.80. The molecule has 4 heterocycles. The molecule has 1 N–H and O–H groups in total. The van der Waals surface area contributed by atoms with Gasteiger partial charge in [-0.1, -0.05) is 0 Å². The molecule has 6 nitrogen and oxygen atoms in total. The van der Waals surface area contributed by atoms with E-state index >= 15 is 0 Å². The Kier molecular flexibility index (Phi) is 4.66. The molecule has 1 spiro atoms. The molecule has 2 fully saturated rings. The van der Waals surface area contributed by atoms with Gasteiger partial charge in [-0.3, -0.25) is 4.79 Å². The van der Waals surface area contributed by atoms with Gasteiger partial charge in [-0.2, -0.15) is 0 Å². The summed E-state index contributed by atoms with van der Waals surface area (Å²) in [5.74, 6) is 1.37. The monoisotopic (exact) mass is 353 g/mol. The van der Waals surface area contributed by atoms with E-state index in [1.165, 1.54) is 12.0 Å². The number of anilines is 1. The highest BCUT2D eigenvalue weighted by molar-refractivity contribution is 5.77. The molecular formula is C20H27N5O. The zero-order chi connectivity index (χ0) is 18.0. The third kappa shape index (κ3) is 3.59. The maximum absolute atomic E-state index is 12.5. The maximum Gasteiger partial charge on any atom is 0.222 e. The van der Waals surface area contributed by atoms with Crippen LogP contribution in [-0.4, -0.2) is 51.9 Å². The number of hydrogen-bond donors (Lipinski definition) is 1. The molecule has 2 aliphatic rings. The lowest BCUT2D eigenvalue weighted by Gasteiger charge is -2.48. The second-order valence-electron chi connectivity index (χ2n) is 7.86. The molecule has 0 unspecified atom stereocenters. The first-order valence-corrected chi connectivity index (χ1v) is 9.56. The van der Waals surface area contributed by atoms with E-state index in [9.17, 15) is 4.79 Å². The number of carbonyl (C=O) groups excluding carboxylic acids is 1. The van der Waals surface area contributed by atoms with Crippen molar-refractivity contribution in [3.8, 4) is 0 Å². The number of amides is 1. The minimum absolute atomic E-state index is 0.200. The van der Waals surface area contributed by atoms with Crippen LogP contribution in [0.25, 0.3) is 0 Å². The summed E-state index contributed by atoms with van der Waals surface area (Å²) in [7, 11) is 0. The lowest BCUT2D eigenvalue weighted by atomic mass is 9.73. The fourth-order valence-electron chi connectivity index (χ4n) is 4.41. The van der Waals surface area contributed by atoms with Crippen molar-refractivity contribution < 1.29 is 4.79 Å². The number of carbonyl (C=O) groups is 1. The van der Waals surface area contributed by atoms with Gasteiger partial charge in [-0.25, -0.2) is 9.97 Å². The first-order valence-electron chi connectivity index (χ1n) is 9.56. The van der Waals surface area contributed by atoms with Crippen molar-refractivity contribution in [3.05, 3.63) is 42.1 Å². The van der Waals surface area contributed by atoms with Crippen LogP contribution in [0, 0.1) is 12.3 Å². The van der Waals surface area contributed by atoms with Crippen LogP contribution in [0.15, 0.2) is 30.9 Å². The first-order chi connectivity index (χ1) is 12.6. The number of aromatic amines is 1. The molecule has 26 heavy (non-hydrogen) atoms. The number of nitrogens with one attached hydrogen (secondary N) is 1. The summed E-state index contributed by atoms with van der Waals surface area (Å²) in [6, 6.07) is 4.21. The van der Waals surface area contributed by atoms with Crippen molar-refractivity contribution in [3.63, 3.8) is 0 Å². The van der Waals surface area contributed by atoms with Gasteiger partial charge in [0.1, 0.15) is 5.82 Å². The van der Waals surface area contributed by atoms with Crippen molar-refractivity contribution in [1.82, 2.24) is 19.9 Å². The van der Waals surface area contributed by atoms with E-state index < -0.39 is 0 Å². The molecule has 0 aliphatic carbocycles. The van der Waals surface area contributed by atoms with E-state index in [0.29, 0.717) is 12.3 Å². The van der Waals surface area contributed by atoms with E-state index in [2.05, 4.69) is 37.7 Å². The van der Waals surface area contributed by atoms with Crippen LogP contribution in [-0.2, 0) is 11.2 Å². The summed E-state index contributed by atoms with van der Waals surface area (Å²) < 4.78 is 0. The van der Waals surface area contributed by atoms with Gasteiger partial charge < -0.3 is 14.8 Å². The molecule has 2 aromatic heterocycles. The quantitative estimate of drug-likeness (QED) is 0.917. The van der Waals surface area contributed by atoms with E-state index in [0.717, 1.165) is 57.0 Å². The number of imidazole rings is 1. The molecule has 0 bridgehead atoms. The molecule has 0 radical (unpaired) electrons. The number of nitrogens with zero attached hydrogens (tertiary/aromatic N) is 4. The van der Waals surface area contributed by atoms with Gasteiger partial charge in [-0.15, -0.1) is 0 Å². The summed E-state index contributed by atoms with van der Waals surface area (Å²) in [4.78, 5) is 28.7. The normalized spacial score (nSPS) is 23.7. The number of likely N-dealkylation sites (tertiary alicyclic amines) is 1. The summed E-state index contributed by atoms with van der Waals surface area (Å²) >= 11 is 0. The second kappa shape index (κ2) is 7.09. The average molecular weight is 353 g/mol. The number of piperidine rings is 2. The predicted octanol–water partition coefficient (Wildman–Crippen LogP) is 2.56. The van der Waals surface area contributed by atoms with Gasteiger partial charge in [-0.05, 0) is 43.9 Å². The summed E-state index contributed by atoms with van der Waals surface area (Å²) in [6.07, 6.45) is 10.3. The molecule has 4 rings (SSSR count). The maximum atomic E-state index is 12.5. The van der Waals surface area contributed by atoms with E-state index in [4.69, 9.17) is 0 Å². The molecular weight excluding hydrogens is 326 g/mol. The Bertz CT molecular complexity index is 759. The van der Waals surface area contributed by atoms with Crippen LogP contribution >= 0.6 is 0 Å². The van der Waals surface area contributed by atoms with Crippen molar-refractivity contribution in [2.24, 2.45) is 5.41 Å². The van der Waals surface area contributed by atoms with Gasteiger partial charge in [0.25, 0.3) is 0 Å². The minimum Gasteiger partial charge on any atom is -0.356 e. The SMILES string of the molecule is Cc1ccnc(N2CCC[C@]3(CCC(=O)N(CCc4cnc[nH]4)C3)C2)c1. The molecule has 6 heteroatoms. The van der Waals surface area contributed by atoms with Crippen LogP contribution < -0.4 is 4.90 Å².